The first-order valence-corrected chi connectivity index (χ1v) is 7.36. The molecule has 4 nitrogen and oxygen atoms in total. The Morgan fingerprint density at radius 1 is 1.45 bits per heavy atom. The standard InChI is InChI=1S/C16H24N2O2/c1-3-9-16(10-6-11-17-16)15(20)18(2)12-13-7-4-5-8-14(13)19/h4-5,7-8,17,19H,3,6,9-12H2,1-2H3. The van der Waals surface area contributed by atoms with Crippen LogP contribution in [-0.4, -0.2) is 35.0 Å². The highest BCUT2D eigenvalue weighted by atomic mass is 16.3. The smallest absolute Gasteiger partial charge is 0.242 e. The summed E-state index contributed by atoms with van der Waals surface area (Å²) < 4.78 is 0. The maximum absolute atomic E-state index is 12.8. The van der Waals surface area contributed by atoms with Crippen molar-refractivity contribution >= 4 is 5.91 Å². The lowest BCUT2D eigenvalue weighted by Crippen LogP contribution is -2.53. The highest BCUT2D eigenvalue weighted by Gasteiger charge is 2.41. The van der Waals surface area contributed by atoms with Gasteiger partial charge in [-0.2, -0.15) is 0 Å². The number of carbonyl (C=O) groups is 1. The Kier molecular flexibility index (Phi) is 4.65. The number of para-hydroxylation sites is 1. The number of phenolic OH excluding ortho intramolecular Hbond substituents is 1. The van der Waals surface area contributed by atoms with Gasteiger partial charge >= 0.3 is 0 Å². The molecule has 0 bridgehead atoms. The summed E-state index contributed by atoms with van der Waals surface area (Å²) in [5.74, 6) is 0.385. The van der Waals surface area contributed by atoms with E-state index in [9.17, 15) is 9.90 Å². The Morgan fingerprint density at radius 3 is 2.80 bits per heavy atom. The monoisotopic (exact) mass is 276 g/mol. The molecule has 1 aromatic carbocycles. The minimum absolute atomic E-state index is 0.139. The quantitative estimate of drug-likeness (QED) is 0.867. The fourth-order valence-electron chi connectivity index (χ4n) is 3.07. The molecular weight excluding hydrogens is 252 g/mol. The average Bonchev–Trinajstić information content (AvgIpc) is 2.90. The predicted molar refractivity (Wildman–Crippen MR) is 79.5 cm³/mol. The van der Waals surface area contributed by atoms with E-state index in [1.165, 1.54) is 0 Å². The summed E-state index contributed by atoms with van der Waals surface area (Å²) in [5, 5.41) is 13.2. The fraction of sp³-hybridized carbons (Fsp3) is 0.562. The minimum atomic E-state index is -0.395. The molecule has 0 aromatic heterocycles. The van der Waals surface area contributed by atoms with Crippen LogP contribution in [0.15, 0.2) is 24.3 Å². The second kappa shape index (κ2) is 6.27. The summed E-state index contributed by atoms with van der Waals surface area (Å²) in [6.07, 6.45) is 3.82. The Morgan fingerprint density at radius 2 is 2.20 bits per heavy atom. The van der Waals surface area contributed by atoms with Crippen LogP contribution in [-0.2, 0) is 11.3 Å². The van der Waals surface area contributed by atoms with Crippen LogP contribution >= 0.6 is 0 Å². The number of carbonyl (C=O) groups excluding carboxylic acids is 1. The second-order valence-electron chi connectivity index (χ2n) is 5.65. The van der Waals surface area contributed by atoms with Gasteiger partial charge in [0.05, 0.1) is 5.54 Å². The Labute approximate surface area is 120 Å². The molecule has 0 radical (unpaired) electrons. The SMILES string of the molecule is CCCC1(C(=O)N(C)Cc2ccccc2O)CCCN1. The molecule has 1 atom stereocenters. The number of hydrogen-bond donors (Lipinski definition) is 2. The zero-order valence-corrected chi connectivity index (χ0v) is 12.4. The van der Waals surface area contributed by atoms with Gasteiger partial charge in [0.2, 0.25) is 5.91 Å². The van der Waals surface area contributed by atoms with Crippen molar-refractivity contribution in [2.45, 2.75) is 44.7 Å². The molecule has 1 aliphatic heterocycles. The molecule has 1 amide bonds. The van der Waals surface area contributed by atoms with Gasteiger partial charge in [0, 0.05) is 19.2 Å². The van der Waals surface area contributed by atoms with Crippen molar-refractivity contribution < 1.29 is 9.90 Å². The number of nitrogens with one attached hydrogen (secondary N) is 1. The van der Waals surface area contributed by atoms with Gasteiger partial charge in [0.1, 0.15) is 5.75 Å². The van der Waals surface area contributed by atoms with Crippen LogP contribution in [0.2, 0.25) is 0 Å². The Hall–Kier alpha value is -1.55. The van der Waals surface area contributed by atoms with Gasteiger partial charge in [-0.25, -0.2) is 0 Å². The van der Waals surface area contributed by atoms with Crippen molar-refractivity contribution in [3.63, 3.8) is 0 Å². The van der Waals surface area contributed by atoms with E-state index in [0.717, 1.165) is 37.8 Å². The molecule has 1 fully saturated rings. The van der Waals surface area contributed by atoms with Gasteiger partial charge in [0.25, 0.3) is 0 Å². The van der Waals surface area contributed by atoms with Crippen LogP contribution in [0.25, 0.3) is 0 Å². The van der Waals surface area contributed by atoms with Crippen LogP contribution in [0.1, 0.15) is 38.2 Å². The number of amides is 1. The van der Waals surface area contributed by atoms with Crippen LogP contribution in [0, 0.1) is 0 Å². The van der Waals surface area contributed by atoms with E-state index in [4.69, 9.17) is 0 Å². The molecule has 1 unspecified atom stereocenters. The maximum Gasteiger partial charge on any atom is 0.242 e. The summed E-state index contributed by atoms with van der Waals surface area (Å²) in [5.41, 5.74) is 0.390. The number of nitrogens with zero attached hydrogens (tertiary/aromatic N) is 1. The van der Waals surface area contributed by atoms with Crippen molar-refractivity contribution in [1.29, 1.82) is 0 Å². The highest BCUT2D eigenvalue weighted by molar-refractivity contribution is 5.86. The van der Waals surface area contributed by atoms with Gasteiger partial charge in [-0.1, -0.05) is 31.5 Å². The molecule has 2 rings (SSSR count). The molecule has 0 saturated carbocycles. The zero-order chi connectivity index (χ0) is 14.6. The lowest BCUT2D eigenvalue weighted by atomic mass is 9.90. The van der Waals surface area contributed by atoms with E-state index >= 15 is 0 Å². The number of benzene rings is 1. The van der Waals surface area contributed by atoms with Crippen LogP contribution in [0.5, 0.6) is 5.75 Å². The van der Waals surface area contributed by atoms with Gasteiger partial charge in [-0.05, 0) is 31.9 Å². The molecule has 2 N–H and O–H groups in total. The first-order chi connectivity index (χ1) is 9.59. The number of aromatic hydroxyl groups is 1. The number of hydrogen-bond acceptors (Lipinski definition) is 3. The third-order valence-electron chi connectivity index (χ3n) is 4.08. The largest absolute Gasteiger partial charge is 0.508 e. The molecule has 1 saturated heterocycles. The number of rotatable bonds is 5. The topological polar surface area (TPSA) is 52.6 Å². The lowest BCUT2D eigenvalue weighted by Gasteiger charge is -2.32. The van der Waals surface area contributed by atoms with Crippen LogP contribution in [0.3, 0.4) is 0 Å². The van der Waals surface area contributed by atoms with Crippen molar-refractivity contribution in [2.75, 3.05) is 13.6 Å². The summed E-state index contributed by atoms with van der Waals surface area (Å²) in [7, 11) is 1.81. The Balaban J connectivity index is 2.10. The third kappa shape index (κ3) is 2.96. The van der Waals surface area contributed by atoms with E-state index in [0.29, 0.717) is 6.54 Å². The summed E-state index contributed by atoms with van der Waals surface area (Å²) in [4.78, 5) is 14.5. The maximum atomic E-state index is 12.8. The van der Waals surface area contributed by atoms with Crippen molar-refractivity contribution in [3.8, 4) is 5.75 Å². The first-order valence-electron chi connectivity index (χ1n) is 7.36. The zero-order valence-electron chi connectivity index (χ0n) is 12.4. The predicted octanol–water partition coefficient (Wildman–Crippen LogP) is 2.27. The van der Waals surface area contributed by atoms with Gasteiger partial charge in [0.15, 0.2) is 0 Å². The number of phenols is 1. The second-order valence-corrected chi connectivity index (χ2v) is 5.65. The summed E-state index contributed by atoms with van der Waals surface area (Å²) in [6.45, 7) is 3.47. The lowest BCUT2D eigenvalue weighted by molar-refractivity contribution is -0.137. The third-order valence-corrected chi connectivity index (χ3v) is 4.08. The van der Waals surface area contributed by atoms with Crippen molar-refractivity contribution in [3.05, 3.63) is 29.8 Å². The highest BCUT2D eigenvalue weighted by Crippen LogP contribution is 2.28. The number of likely N-dealkylation sites (N-methyl/N-ethyl adjacent to an activating group) is 1. The van der Waals surface area contributed by atoms with Gasteiger partial charge in [-0.15, -0.1) is 0 Å². The average molecular weight is 276 g/mol. The molecule has 1 aromatic rings. The minimum Gasteiger partial charge on any atom is -0.508 e. The molecular formula is C16H24N2O2. The molecule has 0 aliphatic carbocycles. The fourth-order valence-corrected chi connectivity index (χ4v) is 3.07. The van der Waals surface area contributed by atoms with Crippen LogP contribution in [0.4, 0.5) is 0 Å². The van der Waals surface area contributed by atoms with E-state index in [-0.39, 0.29) is 11.7 Å². The van der Waals surface area contributed by atoms with Gasteiger partial charge in [-0.3, -0.25) is 4.79 Å². The van der Waals surface area contributed by atoms with E-state index in [2.05, 4.69) is 12.2 Å². The molecule has 1 aliphatic rings. The normalized spacial score (nSPS) is 21.9. The van der Waals surface area contributed by atoms with Gasteiger partial charge < -0.3 is 15.3 Å². The van der Waals surface area contributed by atoms with Crippen molar-refractivity contribution in [2.24, 2.45) is 0 Å². The van der Waals surface area contributed by atoms with Crippen LogP contribution < -0.4 is 5.32 Å². The first kappa shape index (κ1) is 14.9. The molecule has 110 valence electrons. The van der Waals surface area contributed by atoms with Crippen molar-refractivity contribution in [1.82, 2.24) is 10.2 Å². The molecule has 4 heteroatoms. The molecule has 1 heterocycles. The van der Waals surface area contributed by atoms with E-state index in [1.807, 2.05) is 19.2 Å². The Bertz CT molecular complexity index is 467. The summed E-state index contributed by atoms with van der Waals surface area (Å²) >= 11 is 0. The van der Waals surface area contributed by atoms with E-state index < -0.39 is 5.54 Å². The molecule has 20 heavy (non-hydrogen) atoms. The summed E-state index contributed by atoms with van der Waals surface area (Å²) in [6, 6.07) is 7.18. The molecule has 0 spiro atoms. The van der Waals surface area contributed by atoms with E-state index in [1.54, 1.807) is 17.0 Å².